The number of aromatic nitrogens is 2. The molecule has 0 saturated heterocycles. The van der Waals surface area contributed by atoms with Gasteiger partial charge in [-0.1, -0.05) is 6.92 Å². The molecule has 114 valence electrons. The number of anilines is 2. The largest absolute Gasteiger partial charge is 0.369 e. The van der Waals surface area contributed by atoms with E-state index < -0.39 is 0 Å². The van der Waals surface area contributed by atoms with Gasteiger partial charge in [0.05, 0.1) is 5.39 Å². The Bertz CT molecular complexity index is 638. The van der Waals surface area contributed by atoms with Crippen LogP contribution < -0.4 is 10.6 Å². The van der Waals surface area contributed by atoms with Gasteiger partial charge in [0.1, 0.15) is 10.6 Å². The van der Waals surface area contributed by atoms with Crippen molar-refractivity contribution in [3.63, 3.8) is 0 Å². The highest BCUT2D eigenvalue weighted by atomic mass is 32.1. The summed E-state index contributed by atoms with van der Waals surface area (Å²) in [7, 11) is 5.32. The van der Waals surface area contributed by atoms with Crippen LogP contribution in [-0.2, 0) is 11.2 Å². The smallest absolute Gasteiger partial charge is 0.225 e. The second-order valence-electron chi connectivity index (χ2n) is 4.90. The molecule has 6 nitrogen and oxygen atoms in total. The number of hydrogen-bond donors (Lipinski definition) is 2. The maximum atomic E-state index is 11.6. The molecule has 0 atom stereocenters. The molecule has 21 heavy (non-hydrogen) atoms. The van der Waals surface area contributed by atoms with Crippen LogP contribution in [0.2, 0.25) is 0 Å². The van der Waals surface area contributed by atoms with Crippen LogP contribution in [0.5, 0.6) is 0 Å². The van der Waals surface area contributed by atoms with Gasteiger partial charge in [-0.05, 0) is 12.5 Å². The highest BCUT2D eigenvalue weighted by molar-refractivity contribution is 7.18. The molecule has 0 aliphatic heterocycles. The van der Waals surface area contributed by atoms with Crippen LogP contribution in [0.3, 0.4) is 0 Å². The van der Waals surface area contributed by atoms with E-state index in [9.17, 15) is 4.79 Å². The van der Waals surface area contributed by atoms with Gasteiger partial charge in [-0.3, -0.25) is 4.79 Å². The summed E-state index contributed by atoms with van der Waals surface area (Å²) in [5.74, 6) is 1.47. The second kappa shape index (κ2) is 6.71. The van der Waals surface area contributed by atoms with Crippen LogP contribution in [-0.4, -0.2) is 48.5 Å². The molecule has 2 N–H and O–H groups in total. The Labute approximate surface area is 128 Å². The molecule has 2 heterocycles. The van der Waals surface area contributed by atoms with Gasteiger partial charge in [0.15, 0.2) is 0 Å². The number of nitrogens with zero attached hydrogens (tertiary/aromatic N) is 3. The Morgan fingerprint density at radius 1 is 1.38 bits per heavy atom. The molecule has 2 aromatic heterocycles. The lowest BCUT2D eigenvalue weighted by Gasteiger charge is -2.11. The van der Waals surface area contributed by atoms with Crippen LogP contribution >= 0.6 is 11.3 Å². The number of nitrogens with one attached hydrogen (secondary N) is 2. The lowest BCUT2D eigenvalue weighted by molar-refractivity contribution is -0.128. The van der Waals surface area contributed by atoms with E-state index in [4.69, 9.17) is 0 Å². The van der Waals surface area contributed by atoms with E-state index >= 15 is 0 Å². The first-order valence-electron chi connectivity index (χ1n) is 6.97. The highest BCUT2D eigenvalue weighted by Gasteiger charge is 2.11. The minimum Gasteiger partial charge on any atom is -0.369 e. The quantitative estimate of drug-likeness (QED) is 0.856. The zero-order chi connectivity index (χ0) is 15.4. The van der Waals surface area contributed by atoms with Crippen LogP contribution in [0.4, 0.5) is 11.8 Å². The van der Waals surface area contributed by atoms with Crippen molar-refractivity contribution in [1.29, 1.82) is 0 Å². The zero-order valence-electron chi connectivity index (χ0n) is 12.9. The number of amides is 1. The molecule has 0 radical (unpaired) electrons. The van der Waals surface area contributed by atoms with E-state index in [-0.39, 0.29) is 5.91 Å². The fourth-order valence-electron chi connectivity index (χ4n) is 1.90. The SMILES string of the molecule is CCc1cc2c(NCCC(=O)N(C)C)nc(NC)nc2s1. The molecular formula is C14H21N5OS. The topological polar surface area (TPSA) is 70.2 Å². The van der Waals surface area contributed by atoms with E-state index in [2.05, 4.69) is 33.6 Å². The van der Waals surface area contributed by atoms with Crippen LogP contribution in [0, 0.1) is 0 Å². The molecule has 0 aliphatic rings. The van der Waals surface area contributed by atoms with Gasteiger partial charge in [0, 0.05) is 39.0 Å². The molecule has 0 saturated carbocycles. The Hall–Kier alpha value is -1.89. The summed E-state index contributed by atoms with van der Waals surface area (Å²) in [6.45, 7) is 2.68. The Morgan fingerprint density at radius 3 is 2.76 bits per heavy atom. The minimum absolute atomic E-state index is 0.0983. The normalized spacial score (nSPS) is 10.7. The fourth-order valence-corrected chi connectivity index (χ4v) is 2.87. The molecule has 0 aromatic carbocycles. The van der Waals surface area contributed by atoms with E-state index in [1.807, 2.05) is 0 Å². The first kappa shape index (κ1) is 15.5. The molecular weight excluding hydrogens is 286 g/mol. The summed E-state index contributed by atoms with van der Waals surface area (Å²) in [6, 6.07) is 2.12. The van der Waals surface area contributed by atoms with Crippen molar-refractivity contribution >= 4 is 39.2 Å². The van der Waals surface area contributed by atoms with Gasteiger partial charge in [0.2, 0.25) is 11.9 Å². The monoisotopic (exact) mass is 307 g/mol. The molecule has 2 aromatic rings. The third-order valence-corrected chi connectivity index (χ3v) is 4.32. The average Bonchev–Trinajstić information content (AvgIpc) is 2.89. The summed E-state index contributed by atoms with van der Waals surface area (Å²) in [4.78, 5) is 24.4. The maximum Gasteiger partial charge on any atom is 0.225 e. The number of thiophene rings is 1. The van der Waals surface area contributed by atoms with Gasteiger partial charge in [0.25, 0.3) is 0 Å². The lowest BCUT2D eigenvalue weighted by atomic mass is 10.3. The number of fused-ring (bicyclic) bond motifs is 1. The Balaban J connectivity index is 2.20. The standard InChI is InChI=1S/C14H21N5OS/c1-5-9-8-10-12(16-7-6-11(20)19(3)4)17-14(15-2)18-13(10)21-9/h8H,5-7H2,1-4H3,(H2,15,16,17,18). The molecule has 2 rings (SSSR count). The number of hydrogen-bond acceptors (Lipinski definition) is 6. The summed E-state index contributed by atoms with van der Waals surface area (Å²) < 4.78 is 0. The van der Waals surface area contributed by atoms with Gasteiger partial charge < -0.3 is 15.5 Å². The molecule has 0 unspecified atom stereocenters. The van der Waals surface area contributed by atoms with Crippen molar-refractivity contribution in [2.24, 2.45) is 0 Å². The summed E-state index contributed by atoms with van der Waals surface area (Å²) >= 11 is 1.68. The third-order valence-electron chi connectivity index (χ3n) is 3.15. The van der Waals surface area contributed by atoms with Gasteiger partial charge in [-0.25, -0.2) is 4.98 Å². The van der Waals surface area contributed by atoms with Gasteiger partial charge >= 0.3 is 0 Å². The number of carbonyl (C=O) groups is 1. The first-order chi connectivity index (χ1) is 10.0. The fraction of sp³-hybridized carbons (Fsp3) is 0.500. The average molecular weight is 307 g/mol. The number of rotatable bonds is 6. The van der Waals surface area contributed by atoms with Crippen LogP contribution in [0.1, 0.15) is 18.2 Å². The Morgan fingerprint density at radius 2 is 2.14 bits per heavy atom. The second-order valence-corrected chi connectivity index (χ2v) is 6.01. The van der Waals surface area contributed by atoms with Gasteiger partial charge in [-0.15, -0.1) is 11.3 Å². The molecule has 0 bridgehead atoms. The minimum atomic E-state index is 0.0983. The summed E-state index contributed by atoms with van der Waals surface area (Å²) in [5, 5.41) is 7.25. The van der Waals surface area contributed by atoms with Crippen molar-refractivity contribution in [2.75, 3.05) is 38.3 Å². The van der Waals surface area contributed by atoms with Crippen LogP contribution in [0.15, 0.2) is 6.07 Å². The van der Waals surface area contributed by atoms with Crippen molar-refractivity contribution in [3.8, 4) is 0 Å². The van der Waals surface area contributed by atoms with Gasteiger partial charge in [-0.2, -0.15) is 4.98 Å². The first-order valence-corrected chi connectivity index (χ1v) is 7.79. The Kier molecular flexibility index (Phi) is 4.95. The summed E-state index contributed by atoms with van der Waals surface area (Å²) in [6.07, 6.45) is 1.42. The van der Waals surface area contributed by atoms with E-state index in [1.54, 1.807) is 37.4 Å². The van der Waals surface area contributed by atoms with Crippen LogP contribution in [0.25, 0.3) is 10.2 Å². The van der Waals surface area contributed by atoms with E-state index in [1.165, 1.54) is 4.88 Å². The van der Waals surface area contributed by atoms with Crippen molar-refractivity contribution in [3.05, 3.63) is 10.9 Å². The van der Waals surface area contributed by atoms with E-state index in [0.29, 0.717) is 18.9 Å². The number of aryl methyl sites for hydroxylation is 1. The molecule has 0 spiro atoms. The highest BCUT2D eigenvalue weighted by Crippen LogP contribution is 2.30. The molecule has 7 heteroatoms. The zero-order valence-corrected chi connectivity index (χ0v) is 13.7. The lowest BCUT2D eigenvalue weighted by Crippen LogP contribution is -2.24. The van der Waals surface area contributed by atoms with E-state index in [0.717, 1.165) is 22.5 Å². The predicted octanol–water partition coefficient (Wildman–Crippen LogP) is 2.19. The molecule has 0 fully saturated rings. The predicted molar refractivity (Wildman–Crippen MR) is 88.1 cm³/mol. The molecule has 1 amide bonds. The maximum absolute atomic E-state index is 11.6. The number of carbonyl (C=O) groups excluding carboxylic acids is 1. The third kappa shape index (κ3) is 3.60. The van der Waals surface area contributed by atoms with Crippen molar-refractivity contribution in [1.82, 2.24) is 14.9 Å². The van der Waals surface area contributed by atoms with Crippen molar-refractivity contribution in [2.45, 2.75) is 19.8 Å². The molecule has 0 aliphatic carbocycles. The van der Waals surface area contributed by atoms with Crippen molar-refractivity contribution < 1.29 is 4.79 Å². The summed E-state index contributed by atoms with van der Waals surface area (Å²) in [5.41, 5.74) is 0.